The van der Waals surface area contributed by atoms with Crippen LogP contribution in [0.2, 0.25) is 0 Å². The number of rotatable bonds is 7. The Kier molecular flexibility index (Phi) is 5.92. The number of benzene rings is 2. The molecule has 0 atom stereocenters. The van der Waals surface area contributed by atoms with Crippen LogP contribution < -0.4 is 9.47 Å². The smallest absolute Gasteiger partial charge is 0.387 e. The van der Waals surface area contributed by atoms with E-state index in [4.69, 9.17) is 5.10 Å². The van der Waals surface area contributed by atoms with Gasteiger partial charge in [0.15, 0.2) is 0 Å². The summed E-state index contributed by atoms with van der Waals surface area (Å²) in [5.41, 5.74) is 3.17. The molecule has 0 bridgehead atoms. The maximum Gasteiger partial charge on any atom is 0.387 e. The van der Waals surface area contributed by atoms with Gasteiger partial charge < -0.3 is 9.47 Å². The van der Waals surface area contributed by atoms with E-state index < -0.39 is 13.2 Å². The Labute approximate surface area is 171 Å². The maximum absolute atomic E-state index is 12.4. The Balaban J connectivity index is 1.66. The second-order valence-electron chi connectivity index (χ2n) is 7.10. The maximum atomic E-state index is 12.4. The molecule has 1 aliphatic carbocycles. The molecule has 1 aromatic heterocycles. The van der Waals surface area contributed by atoms with Crippen molar-refractivity contribution in [3.63, 3.8) is 0 Å². The predicted octanol–water partition coefficient (Wildman–Crippen LogP) is 6.54. The van der Waals surface area contributed by atoms with Gasteiger partial charge in [0.2, 0.25) is 0 Å². The highest BCUT2D eigenvalue weighted by molar-refractivity contribution is 5.69. The Morgan fingerprint density at radius 1 is 0.767 bits per heavy atom. The van der Waals surface area contributed by atoms with E-state index in [-0.39, 0.29) is 17.5 Å². The fraction of sp³-hybridized carbons (Fsp3) is 0.318. The monoisotopic (exact) mass is 420 g/mol. The number of alkyl halides is 4. The molecule has 4 nitrogen and oxygen atoms in total. The lowest BCUT2D eigenvalue weighted by atomic mass is 10.1. The van der Waals surface area contributed by atoms with Gasteiger partial charge in [0.1, 0.15) is 11.5 Å². The molecule has 3 aromatic rings. The van der Waals surface area contributed by atoms with Crippen molar-refractivity contribution in [3.8, 4) is 34.0 Å². The van der Waals surface area contributed by atoms with Gasteiger partial charge in [-0.2, -0.15) is 22.7 Å². The molecule has 0 amide bonds. The summed E-state index contributed by atoms with van der Waals surface area (Å²) in [5.74, 6) is 0.175. The summed E-state index contributed by atoms with van der Waals surface area (Å²) in [5, 5.41) is 4.78. The predicted molar refractivity (Wildman–Crippen MR) is 104 cm³/mol. The van der Waals surface area contributed by atoms with Crippen molar-refractivity contribution in [2.24, 2.45) is 0 Å². The molecule has 30 heavy (non-hydrogen) atoms. The number of aromatic nitrogens is 2. The summed E-state index contributed by atoms with van der Waals surface area (Å²) in [4.78, 5) is 0. The normalized spacial score (nSPS) is 14.6. The van der Waals surface area contributed by atoms with Crippen LogP contribution in [0.15, 0.2) is 54.6 Å². The van der Waals surface area contributed by atoms with Crippen molar-refractivity contribution in [2.45, 2.75) is 44.9 Å². The van der Waals surface area contributed by atoms with Crippen LogP contribution in [-0.2, 0) is 0 Å². The first-order chi connectivity index (χ1) is 14.5. The molecule has 158 valence electrons. The van der Waals surface area contributed by atoms with E-state index in [9.17, 15) is 17.6 Å². The largest absolute Gasteiger partial charge is 0.435 e. The van der Waals surface area contributed by atoms with Gasteiger partial charge in [-0.25, -0.2) is 0 Å². The van der Waals surface area contributed by atoms with Crippen LogP contribution in [0, 0.1) is 0 Å². The van der Waals surface area contributed by atoms with E-state index in [0.29, 0.717) is 5.69 Å². The van der Waals surface area contributed by atoms with E-state index in [2.05, 4.69) is 9.47 Å². The third-order valence-corrected chi connectivity index (χ3v) is 5.16. The minimum absolute atomic E-state index is 0.0822. The summed E-state index contributed by atoms with van der Waals surface area (Å²) >= 11 is 0. The lowest BCUT2D eigenvalue weighted by molar-refractivity contribution is -0.0505. The highest BCUT2D eigenvalue weighted by Crippen LogP contribution is 2.36. The zero-order valence-corrected chi connectivity index (χ0v) is 16.0. The number of nitrogens with zero attached hydrogens (tertiary/aromatic N) is 2. The highest BCUT2D eigenvalue weighted by atomic mass is 19.3. The van der Waals surface area contributed by atoms with Crippen LogP contribution in [0.25, 0.3) is 22.5 Å². The Hall–Kier alpha value is -3.03. The van der Waals surface area contributed by atoms with Crippen molar-refractivity contribution in [3.05, 3.63) is 54.6 Å². The van der Waals surface area contributed by atoms with Gasteiger partial charge in [0.05, 0.1) is 17.4 Å². The fourth-order valence-corrected chi connectivity index (χ4v) is 3.79. The van der Waals surface area contributed by atoms with Crippen molar-refractivity contribution in [1.29, 1.82) is 0 Å². The fourth-order valence-electron chi connectivity index (χ4n) is 3.79. The number of halogens is 4. The quantitative estimate of drug-likeness (QED) is 0.408. The molecule has 0 radical (unpaired) electrons. The summed E-state index contributed by atoms with van der Waals surface area (Å²) in [7, 11) is 0. The van der Waals surface area contributed by atoms with Crippen molar-refractivity contribution in [2.75, 3.05) is 0 Å². The third kappa shape index (κ3) is 4.58. The standard InChI is InChI=1S/C22H20F4N2O2/c23-21(24)29-17-9-5-14(6-10-17)19-13-20(28(27-19)16-3-1-2-4-16)15-7-11-18(12-8-15)30-22(25)26/h5-13,16,21-22H,1-4H2. The number of ether oxygens (including phenoxy) is 2. The van der Waals surface area contributed by atoms with Gasteiger partial charge in [-0.05, 0) is 67.4 Å². The van der Waals surface area contributed by atoms with E-state index in [0.717, 1.165) is 42.5 Å². The second-order valence-corrected chi connectivity index (χ2v) is 7.10. The van der Waals surface area contributed by atoms with Crippen molar-refractivity contribution in [1.82, 2.24) is 9.78 Å². The molecule has 2 aromatic carbocycles. The first-order valence-electron chi connectivity index (χ1n) is 9.69. The van der Waals surface area contributed by atoms with E-state index in [1.165, 1.54) is 24.3 Å². The SMILES string of the molecule is FC(F)Oc1ccc(-c2cc(-c3ccc(OC(F)F)cc3)n(C3CCCC3)n2)cc1. The van der Waals surface area contributed by atoms with Crippen molar-refractivity contribution >= 4 is 0 Å². The molecule has 0 saturated heterocycles. The zero-order valence-electron chi connectivity index (χ0n) is 16.0. The average molecular weight is 420 g/mol. The van der Waals surface area contributed by atoms with Crippen LogP contribution in [0.3, 0.4) is 0 Å². The highest BCUT2D eigenvalue weighted by Gasteiger charge is 2.22. The van der Waals surface area contributed by atoms with Crippen LogP contribution in [0.1, 0.15) is 31.7 Å². The summed E-state index contributed by atoms with van der Waals surface area (Å²) in [6.45, 7) is -5.75. The van der Waals surface area contributed by atoms with Gasteiger partial charge in [0.25, 0.3) is 0 Å². The van der Waals surface area contributed by atoms with Crippen molar-refractivity contribution < 1.29 is 27.0 Å². The molecule has 1 aliphatic rings. The lowest BCUT2D eigenvalue weighted by Crippen LogP contribution is -2.08. The summed E-state index contributed by atoms with van der Waals surface area (Å²) < 4.78 is 60.4. The van der Waals surface area contributed by atoms with Gasteiger partial charge in [-0.3, -0.25) is 4.68 Å². The molecular formula is C22H20F4N2O2. The summed E-state index contributed by atoms with van der Waals surface area (Å²) in [6, 6.07) is 15.0. The molecular weight excluding hydrogens is 400 g/mol. The Bertz CT molecular complexity index is 966. The minimum atomic E-state index is -2.87. The topological polar surface area (TPSA) is 36.3 Å². The van der Waals surface area contributed by atoms with Crippen LogP contribution in [0.4, 0.5) is 17.6 Å². The first kappa shape index (κ1) is 20.3. The Morgan fingerprint density at radius 2 is 1.27 bits per heavy atom. The first-order valence-corrected chi connectivity index (χ1v) is 9.69. The molecule has 0 spiro atoms. The van der Waals surface area contributed by atoms with Gasteiger partial charge >= 0.3 is 13.2 Å². The molecule has 0 aliphatic heterocycles. The third-order valence-electron chi connectivity index (χ3n) is 5.16. The molecule has 0 unspecified atom stereocenters. The molecule has 4 rings (SSSR count). The van der Waals surface area contributed by atoms with E-state index in [1.807, 2.05) is 10.7 Å². The number of hydrogen-bond donors (Lipinski definition) is 0. The zero-order chi connectivity index (χ0) is 21.1. The minimum Gasteiger partial charge on any atom is -0.435 e. The van der Waals surface area contributed by atoms with Gasteiger partial charge in [-0.15, -0.1) is 0 Å². The molecule has 0 N–H and O–H groups in total. The van der Waals surface area contributed by atoms with Crippen LogP contribution in [0.5, 0.6) is 11.5 Å². The molecule has 1 fully saturated rings. The molecule has 1 heterocycles. The second kappa shape index (κ2) is 8.77. The molecule has 1 saturated carbocycles. The van der Waals surface area contributed by atoms with E-state index >= 15 is 0 Å². The average Bonchev–Trinajstić information content (AvgIpc) is 3.38. The Morgan fingerprint density at radius 3 is 1.77 bits per heavy atom. The van der Waals surface area contributed by atoms with Crippen LogP contribution >= 0.6 is 0 Å². The lowest BCUT2D eigenvalue weighted by Gasteiger charge is -2.14. The summed E-state index contributed by atoms with van der Waals surface area (Å²) in [6.07, 6.45) is 4.28. The molecule has 8 heteroatoms. The number of hydrogen-bond acceptors (Lipinski definition) is 3. The van der Waals surface area contributed by atoms with Crippen LogP contribution in [-0.4, -0.2) is 23.0 Å². The van der Waals surface area contributed by atoms with Gasteiger partial charge in [0, 0.05) is 11.1 Å². The van der Waals surface area contributed by atoms with Gasteiger partial charge in [-0.1, -0.05) is 12.8 Å². The van der Waals surface area contributed by atoms with E-state index in [1.54, 1.807) is 24.3 Å².